The molecule has 0 bridgehead atoms. The van der Waals surface area contributed by atoms with Gasteiger partial charge >= 0.3 is 6.09 Å². The van der Waals surface area contributed by atoms with Crippen LogP contribution in [0.25, 0.3) is 11.1 Å². The van der Waals surface area contributed by atoms with Crippen molar-refractivity contribution in [2.45, 2.75) is 26.4 Å². The number of rotatable bonds is 3. The monoisotopic (exact) mass is 289 g/mol. The lowest BCUT2D eigenvalue weighted by Crippen LogP contribution is -2.27. The van der Waals surface area contributed by atoms with E-state index in [-0.39, 0.29) is 0 Å². The van der Waals surface area contributed by atoms with E-state index in [0.29, 0.717) is 11.4 Å². The van der Waals surface area contributed by atoms with Gasteiger partial charge in [0.2, 0.25) is 0 Å². The number of nitrogens with one attached hydrogen (secondary N) is 2. The Hall–Kier alpha value is -2.50. The first kappa shape index (κ1) is 14.9. The molecule has 0 unspecified atom stereocenters. The number of H-pyrrole nitrogens is 1. The van der Waals surface area contributed by atoms with Crippen LogP contribution in [0.4, 0.5) is 10.5 Å². The minimum absolute atomic E-state index is 0.502. The Kier molecular flexibility index (Phi) is 4.16. The molecule has 6 nitrogen and oxygen atoms in total. The van der Waals surface area contributed by atoms with Crippen molar-refractivity contribution < 1.29 is 14.3 Å². The van der Waals surface area contributed by atoms with Gasteiger partial charge < -0.3 is 9.47 Å². The Morgan fingerprint density at radius 2 is 2.10 bits per heavy atom. The van der Waals surface area contributed by atoms with Crippen molar-refractivity contribution in [2.24, 2.45) is 0 Å². The van der Waals surface area contributed by atoms with Crippen molar-refractivity contribution in [1.82, 2.24) is 10.2 Å². The number of amides is 1. The Balaban J connectivity index is 2.29. The fraction of sp³-hybridized carbons (Fsp3) is 0.333. The molecular formula is C15H19N3O3. The van der Waals surface area contributed by atoms with Gasteiger partial charge in [0.25, 0.3) is 0 Å². The fourth-order valence-electron chi connectivity index (χ4n) is 1.81. The van der Waals surface area contributed by atoms with Gasteiger partial charge in [0.05, 0.1) is 19.0 Å². The molecule has 0 radical (unpaired) electrons. The van der Waals surface area contributed by atoms with Gasteiger partial charge in [-0.1, -0.05) is 0 Å². The van der Waals surface area contributed by atoms with E-state index in [1.54, 1.807) is 31.6 Å². The number of anilines is 1. The lowest BCUT2D eigenvalue weighted by Gasteiger charge is -2.20. The van der Waals surface area contributed by atoms with Crippen LogP contribution in [0.15, 0.2) is 30.6 Å². The number of carbonyl (C=O) groups is 1. The third-order valence-electron chi connectivity index (χ3n) is 2.67. The molecule has 2 aromatic rings. The minimum Gasteiger partial charge on any atom is -0.497 e. The van der Waals surface area contributed by atoms with Crippen molar-refractivity contribution in [1.29, 1.82) is 0 Å². The normalized spacial score (nSPS) is 11.0. The van der Waals surface area contributed by atoms with Crippen molar-refractivity contribution in [3.8, 4) is 16.9 Å². The second kappa shape index (κ2) is 5.87. The molecule has 112 valence electrons. The summed E-state index contributed by atoms with van der Waals surface area (Å²) in [4.78, 5) is 11.9. The molecule has 0 saturated carbocycles. The zero-order valence-electron chi connectivity index (χ0n) is 12.6. The summed E-state index contributed by atoms with van der Waals surface area (Å²) in [6.07, 6.45) is 2.92. The molecule has 0 atom stereocenters. The van der Waals surface area contributed by atoms with Crippen molar-refractivity contribution >= 4 is 11.8 Å². The lowest BCUT2D eigenvalue weighted by atomic mass is 10.1. The highest BCUT2D eigenvalue weighted by molar-refractivity contribution is 5.91. The first-order chi connectivity index (χ1) is 9.89. The first-order valence-electron chi connectivity index (χ1n) is 6.56. The van der Waals surface area contributed by atoms with Crippen LogP contribution in [0.2, 0.25) is 0 Å². The molecule has 1 heterocycles. The quantitative estimate of drug-likeness (QED) is 0.907. The molecule has 0 saturated heterocycles. The van der Waals surface area contributed by atoms with Gasteiger partial charge in [0, 0.05) is 17.3 Å². The van der Waals surface area contributed by atoms with Gasteiger partial charge in [-0.15, -0.1) is 0 Å². The molecule has 0 aliphatic rings. The summed E-state index contributed by atoms with van der Waals surface area (Å²) >= 11 is 0. The fourth-order valence-corrected chi connectivity index (χ4v) is 1.81. The number of aromatic amines is 1. The van der Waals surface area contributed by atoms with Gasteiger partial charge in [-0.2, -0.15) is 5.10 Å². The molecule has 1 aromatic heterocycles. The Labute approximate surface area is 123 Å². The lowest BCUT2D eigenvalue weighted by molar-refractivity contribution is 0.0636. The zero-order valence-corrected chi connectivity index (χ0v) is 12.6. The molecule has 0 spiro atoms. The van der Waals surface area contributed by atoms with Gasteiger partial charge in [0.1, 0.15) is 11.4 Å². The number of aromatic nitrogens is 2. The van der Waals surface area contributed by atoms with Crippen molar-refractivity contribution in [2.75, 3.05) is 12.4 Å². The topological polar surface area (TPSA) is 76.2 Å². The highest BCUT2D eigenvalue weighted by atomic mass is 16.6. The molecule has 21 heavy (non-hydrogen) atoms. The number of ether oxygens (including phenoxy) is 2. The molecular weight excluding hydrogens is 270 g/mol. The van der Waals surface area contributed by atoms with E-state index in [9.17, 15) is 4.79 Å². The molecule has 1 aromatic carbocycles. The number of benzene rings is 1. The van der Waals surface area contributed by atoms with E-state index < -0.39 is 11.7 Å². The molecule has 2 rings (SSSR count). The summed E-state index contributed by atoms with van der Waals surface area (Å²) in [5.74, 6) is 0.695. The third-order valence-corrected chi connectivity index (χ3v) is 2.67. The second-order valence-electron chi connectivity index (χ2n) is 5.53. The van der Waals surface area contributed by atoms with Crippen LogP contribution in [0, 0.1) is 0 Å². The van der Waals surface area contributed by atoms with Crippen LogP contribution in [0.5, 0.6) is 5.75 Å². The summed E-state index contributed by atoms with van der Waals surface area (Å²) in [5.41, 5.74) is 1.73. The van der Waals surface area contributed by atoms with Crippen LogP contribution in [0.3, 0.4) is 0 Å². The number of hydrogen-bond acceptors (Lipinski definition) is 4. The molecule has 0 aliphatic carbocycles. The van der Waals surface area contributed by atoms with E-state index in [0.717, 1.165) is 11.1 Å². The smallest absolute Gasteiger partial charge is 0.412 e. The standard InChI is InChI=1S/C15H19N3O3/c1-15(2,3)21-14(19)18-13-6-5-11(20-4)7-12(13)10-8-16-17-9-10/h5-9H,1-4H3,(H,16,17)(H,18,19). The van der Waals surface area contributed by atoms with E-state index in [1.807, 2.05) is 26.8 Å². The molecule has 1 amide bonds. The highest BCUT2D eigenvalue weighted by Gasteiger charge is 2.18. The summed E-state index contributed by atoms with van der Waals surface area (Å²) in [6, 6.07) is 5.37. The predicted molar refractivity (Wildman–Crippen MR) is 80.4 cm³/mol. The van der Waals surface area contributed by atoms with Gasteiger partial charge in [0.15, 0.2) is 0 Å². The van der Waals surface area contributed by atoms with Crippen molar-refractivity contribution in [3.05, 3.63) is 30.6 Å². The summed E-state index contributed by atoms with van der Waals surface area (Å²) < 4.78 is 10.5. The number of methoxy groups -OCH3 is 1. The van der Waals surface area contributed by atoms with Crippen LogP contribution < -0.4 is 10.1 Å². The zero-order chi connectivity index (χ0) is 15.5. The van der Waals surface area contributed by atoms with Gasteiger partial charge in [-0.25, -0.2) is 4.79 Å². The van der Waals surface area contributed by atoms with Crippen molar-refractivity contribution in [3.63, 3.8) is 0 Å². The maximum absolute atomic E-state index is 11.9. The van der Waals surface area contributed by atoms with Crippen LogP contribution in [0.1, 0.15) is 20.8 Å². The number of nitrogens with zero attached hydrogens (tertiary/aromatic N) is 1. The average Bonchev–Trinajstić information content (AvgIpc) is 2.90. The Morgan fingerprint density at radius 3 is 2.67 bits per heavy atom. The molecule has 0 fully saturated rings. The molecule has 6 heteroatoms. The van der Waals surface area contributed by atoms with Crippen LogP contribution >= 0.6 is 0 Å². The van der Waals surface area contributed by atoms with Crippen LogP contribution in [-0.4, -0.2) is 29.0 Å². The van der Waals surface area contributed by atoms with E-state index in [1.165, 1.54) is 0 Å². The van der Waals surface area contributed by atoms with Crippen LogP contribution in [-0.2, 0) is 4.74 Å². The van der Waals surface area contributed by atoms with E-state index in [4.69, 9.17) is 9.47 Å². The summed E-state index contributed by atoms with van der Waals surface area (Å²) in [6.45, 7) is 5.45. The molecule has 0 aliphatic heterocycles. The highest BCUT2D eigenvalue weighted by Crippen LogP contribution is 2.31. The first-order valence-corrected chi connectivity index (χ1v) is 6.56. The van der Waals surface area contributed by atoms with Gasteiger partial charge in [-0.3, -0.25) is 10.4 Å². The largest absolute Gasteiger partial charge is 0.497 e. The Morgan fingerprint density at radius 1 is 1.33 bits per heavy atom. The minimum atomic E-state index is -0.549. The second-order valence-corrected chi connectivity index (χ2v) is 5.53. The number of hydrogen-bond donors (Lipinski definition) is 2. The third kappa shape index (κ3) is 3.98. The maximum Gasteiger partial charge on any atom is 0.412 e. The van der Waals surface area contributed by atoms with E-state index >= 15 is 0 Å². The Bertz CT molecular complexity index is 616. The number of carbonyl (C=O) groups excluding carboxylic acids is 1. The maximum atomic E-state index is 11.9. The van der Waals surface area contributed by atoms with E-state index in [2.05, 4.69) is 15.5 Å². The van der Waals surface area contributed by atoms with Gasteiger partial charge in [-0.05, 0) is 39.0 Å². The SMILES string of the molecule is COc1ccc(NC(=O)OC(C)(C)C)c(-c2cn[nH]c2)c1. The summed E-state index contributed by atoms with van der Waals surface area (Å²) in [5, 5.41) is 9.42. The predicted octanol–water partition coefficient (Wildman–Crippen LogP) is 3.43. The average molecular weight is 289 g/mol. The molecule has 2 N–H and O–H groups in total. The summed E-state index contributed by atoms with van der Waals surface area (Å²) in [7, 11) is 1.59.